The molecule has 0 unspecified atom stereocenters. The summed E-state index contributed by atoms with van der Waals surface area (Å²) in [4.78, 5) is 24.4. The van der Waals surface area contributed by atoms with Crippen LogP contribution in [-0.2, 0) is 42.6 Å². The molecule has 0 radical (unpaired) electrons. The van der Waals surface area contributed by atoms with Gasteiger partial charge >= 0.3 is 12.1 Å². The lowest BCUT2D eigenvalue weighted by Gasteiger charge is -2.27. The Bertz CT molecular complexity index is 1340. The minimum absolute atomic E-state index is 0.0585. The number of carboxylic acids is 1. The topological polar surface area (TPSA) is 125 Å². The molecule has 2 aliphatic carbocycles. The number of hydrogen-bond acceptors (Lipinski definition) is 6. The molecule has 224 valence electrons. The Balaban J connectivity index is 0.000000493. The number of ether oxygens (including phenoxy) is 1. The number of rotatable bonds is 8. The molecule has 0 spiro atoms. The number of aryl methyl sites for hydroxylation is 2. The number of amides is 1. The Morgan fingerprint density at radius 1 is 0.976 bits per heavy atom. The number of carbonyl (C=O) groups excluding carboxylic acids is 1. The lowest BCUT2D eigenvalue weighted by Crippen LogP contribution is -2.43. The standard InChI is InChI=1S/C26H33N3O4S.C2HF3O2/c30-25(27-13-14-29-15-17-33-18-16-29)26(11-12-26)22-6-8-23(9-7-22)28-34(31,32)24-10-5-20-3-1-2-4-21(20)19-24;3-2(4,5)1(6)7/h5-10,19,28H,1-4,11-18H2,(H,27,30);(H,6,7). The number of nitrogens with one attached hydrogen (secondary N) is 2. The van der Waals surface area contributed by atoms with Crippen LogP contribution in [0.5, 0.6) is 0 Å². The van der Waals surface area contributed by atoms with E-state index in [9.17, 15) is 26.4 Å². The smallest absolute Gasteiger partial charge is 0.475 e. The van der Waals surface area contributed by atoms with E-state index in [0.717, 1.165) is 82.5 Å². The summed E-state index contributed by atoms with van der Waals surface area (Å²) in [6, 6.07) is 12.7. The van der Waals surface area contributed by atoms with E-state index in [1.54, 1.807) is 18.2 Å². The minimum atomic E-state index is -5.08. The molecule has 1 heterocycles. The summed E-state index contributed by atoms with van der Waals surface area (Å²) in [6.07, 6.45) is 0.773. The fourth-order valence-corrected chi connectivity index (χ4v) is 6.15. The Labute approximate surface area is 237 Å². The molecule has 3 aliphatic rings. The van der Waals surface area contributed by atoms with Crippen LogP contribution in [0.25, 0.3) is 0 Å². The summed E-state index contributed by atoms with van der Waals surface area (Å²) < 4.78 is 65.7. The van der Waals surface area contributed by atoms with E-state index >= 15 is 0 Å². The molecule has 1 aliphatic heterocycles. The normalized spacial score (nSPS) is 18.3. The summed E-state index contributed by atoms with van der Waals surface area (Å²) in [5.74, 6) is -2.70. The molecule has 9 nitrogen and oxygen atoms in total. The number of sulfonamides is 1. The van der Waals surface area contributed by atoms with Crippen molar-refractivity contribution < 1.29 is 41.0 Å². The molecule has 3 N–H and O–H groups in total. The van der Waals surface area contributed by atoms with Crippen molar-refractivity contribution in [1.82, 2.24) is 10.2 Å². The highest BCUT2D eigenvalue weighted by molar-refractivity contribution is 7.92. The first-order chi connectivity index (χ1) is 19.4. The predicted octanol–water partition coefficient (Wildman–Crippen LogP) is 3.48. The van der Waals surface area contributed by atoms with E-state index < -0.39 is 27.6 Å². The number of fused-ring (bicyclic) bond motifs is 1. The molecule has 2 aromatic rings. The van der Waals surface area contributed by atoms with Crippen LogP contribution in [0, 0.1) is 0 Å². The first-order valence-electron chi connectivity index (χ1n) is 13.5. The lowest BCUT2D eigenvalue weighted by molar-refractivity contribution is -0.192. The van der Waals surface area contributed by atoms with Gasteiger partial charge in [-0.15, -0.1) is 0 Å². The second-order valence-corrected chi connectivity index (χ2v) is 12.1. The summed E-state index contributed by atoms with van der Waals surface area (Å²) in [6.45, 7) is 4.77. The van der Waals surface area contributed by atoms with Crippen LogP contribution in [0.1, 0.15) is 42.4 Å². The molecule has 1 saturated carbocycles. The number of carboxylic acid groups (broad SMARTS) is 1. The number of anilines is 1. The largest absolute Gasteiger partial charge is 0.490 e. The van der Waals surface area contributed by atoms with Gasteiger partial charge in [0.2, 0.25) is 5.91 Å². The Hall–Kier alpha value is -3.16. The maximum Gasteiger partial charge on any atom is 0.490 e. The maximum atomic E-state index is 13.0. The van der Waals surface area contributed by atoms with Crippen LogP contribution in [0.3, 0.4) is 0 Å². The van der Waals surface area contributed by atoms with E-state index in [2.05, 4.69) is 14.9 Å². The first-order valence-corrected chi connectivity index (χ1v) is 15.0. The van der Waals surface area contributed by atoms with E-state index in [-0.39, 0.29) is 5.91 Å². The van der Waals surface area contributed by atoms with Gasteiger partial charge in [-0.2, -0.15) is 13.2 Å². The number of hydrogen-bond donors (Lipinski definition) is 3. The van der Waals surface area contributed by atoms with Gasteiger partial charge in [-0.25, -0.2) is 13.2 Å². The molecular weight excluding hydrogens is 563 g/mol. The zero-order valence-corrected chi connectivity index (χ0v) is 23.3. The average molecular weight is 598 g/mol. The summed E-state index contributed by atoms with van der Waals surface area (Å²) >= 11 is 0. The quantitative estimate of drug-likeness (QED) is 0.426. The van der Waals surface area contributed by atoms with Crippen molar-refractivity contribution in [2.45, 2.75) is 55.0 Å². The molecule has 1 saturated heterocycles. The second kappa shape index (κ2) is 12.8. The van der Waals surface area contributed by atoms with Gasteiger partial charge in [0, 0.05) is 31.9 Å². The number of carbonyl (C=O) groups is 2. The van der Waals surface area contributed by atoms with Crippen LogP contribution in [0.15, 0.2) is 47.4 Å². The van der Waals surface area contributed by atoms with Crippen molar-refractivity contribution in [1.29, 1.82) is 0 Å². The summed E-state index contributed by atoms with van der Waals surface area (Å²) in [5.41, 5.74) is 3.35. The lowest BCUT2D eigenvalue weighted by atomic mass is 9.92. The molecule has 0 aromatic heterocycles. The van der Waals surface area contributed by atoms with Crippen LogP contribution in [-0.4, -0.2) is 75.9 Å². The zero-order valence-electron chi connectivity index (χ0n) is 22.5. The van der Waals surface area contributed by atoms with Gasteiger partial charge in [0.25, 0.3) is 10.0 Å². The van der Waals surface area contributed by atoms with Crippen molar-refractivity contribution in [2.24, 2.45) is 0 Å². The molecule has 0 bridgehead atoms. The number of nitrogens with zero attached hydrogens (tertiary/aromatic N) is 1. The van der Waals surface area contributed by atoms with E-state index in [1.807, 2.05) is 24.3 Å². The van der Waals surface area contributed by atoms with Gasteiger partial charge in [0.05, 0.1) is 23.5 Å². The van der Waals surface area contributed by atoms with Gasteiger partial charge in [-0.3, -0.25) is 14.4 Å². The van der Waals surface area contributed by atoms with E-state index in [0.29, 0.717) is 17.1 Å². The highest BCUT2D eigenvalue weighted by Gasteiger charge is 2.51. The number of aliphatic carboxylic acids is 1. The zero-order chi connectivity index (χ0) is 29.7. The highest BCUT2D eigenvalue weighted by atomic mass is 32.2. The maximum absolute atomic E-state index is 13.0. The van der Waals surface area contributed by atoms with E-state index in [4.69, 9.17) is 14.6 Å². The van der Waals surface area contributed by atoms with Crippen molar-refractivity contribution in [3.05, 3.63) is 59.2 Å². The fraction of sp³-hybridized carbons (Fsp3) is 0.500. The van der Waals surface area contributed by atoms with Gasteiger partial charge in [-0.1, -0.05) is 18.2 Å². The third-order valence-electron chi connectivity index (χ3n) is 7.56. The molecular formula is C28H34F3N3O6S. The van der Waals surface area contributed by atoms with Crippen LogP contribution in [0.4, 0.5) is 18.9 Å². The highest BCUT2D eigenvalue weighted by Crippen LogP contribution is 2.48. The average Bonchev–Trinajstić information content (AvgIpc) is 3.76. The SMILES string of the molecule is O=C(NCCN1CCOCC1)C1(c2ccc(NS(=O)(=O)c3ccc4c(c3)CCCC4)cc2)CC1.O=C(O)C(F)(F)F. The molecule has 0 atom stereocenters. The Morgan fingerprint density at radius 3 is 2.17 bits per heavy atom. The van der Waals surface area contributed by atoms with Crippen molar-refractivity contribution in [3.63, 3.8) is 0 Å². The molecule has 2 fully saturated rings. The predicted molar refractivity (Wildman–Crippen MR) is 145 cm³/mol. The first kappa shape index (κ1) is 30.8. The van der Waals surface area contributed by atoms with Crippen LogP contribution in [0.2, 0.25) is 0 Å². The molecule has 13 heteroatoms. The third-order valence-corrected chi connectivity index (χ3v) is 8.94. The monoisotopic (exact) mass is 597 g/mol. The van der Waals surface area contributed by atoms with E-state index in [1.165, 1.54) is 5.56 Å². The summed E-state index contributed by atoms with van der Waals surface area (Å²) in [5, 5.41) is 10.2. The second-order valence-electron chi connectivity index (χ2n) is 10.4. The Kier molecular flexibility index (Phi) is 9.60. The fourth-order valence-electron chi connectivity index (χ4n) is 5.04. The van der Waals surface area contributed by atoms with Crippen molar-refractivity contribution >= 4 is 27.6 Å². The molecule has 41 heavy (non-hydrogen) atoms. The number of benzene rings is 2. The third kappa shape index (κ3) is 7.98. The molecule has 1 amide bonds. The van der Waals surface area contributed by atoms with Crippen LogP contribution < -0.4 is 10.0 Å². The number of halogens is 3. The van der Waals surface area contributed by atoms with Crippen molar-refractivity contribution in [3.8, 4) is 0 Å². The van der Waals surface area contributed by atoms with Gasteiger partial charge in [0.15, 0.2) is 0 Å². The Morgan fingerprint density at radius 2 is 1.59 bits per heavy atom. The minimum Gasteiger partial charge on any atom is -0.475 e. The van der Waals surface area contributed by atoms with Gasteiger partial charge in [0.1, 0.15) is 0 Å². The molecule has 2 aromatic carbocycles. The van der Waals surface area contributed by atoms with Gasteiger partial charge < -0.3 is 15.2 Å². The van der Waals surface area contributed by atoms with Crippen LogP contribution >= 0.6 is 0 Å². The molecule has 5 rings (SSSR count). The van der Waals surface area contributed by atoms with Crippen molar-refractivity contribution in [2.75, 3.05) is 44.1 Å². The summed E-state index contributed by atoms with van der Waals surface area (Å²) in [7, 11) is -3.66. The van der Waals surface area contributed by atoms with Gasteiger partial charge in [-0.05, 0) is 79.5 Å². The number of alkyl halides is 3. The number of morpholine rings is 1.